The van der Waals surface area contributed by atoms with Crippen molar-refractivity contribution in [3.8, 4) is 5.75 Å². The number of benzene rings is 2. The summed E-state index contributed by atoms with van der Waals surface area (Å²) in [4.78, 5) is 12.0. The minimum absolute atomic E-state index is 0.395. The summed E-state index contributed by atoms with van der Waals surface area (Å²) in [5.74, 6) is -0.985. The van der Waals surface area contributed by atoms with Gasteiger partial charge in [-0.1, -0.05) is 18.2 Å². The van der Waals surface area contributed by atoms with Gasteiger partial charge < -0.3 is 10.1 Å². The molecule has 0 fully saturated rings. The molecule has 0 radical (unpaired) electrons. The second-order valence-electron chi connectivity index (χ2n) is 4.77. The fourth-order valence-electron chi connectivity index (χ4n) is 2.06. The number of halogens is 3. The number of carbonyl (C=O) groups is 1. The molecule has 1 N–H and O–H groups in total. The van der Waals surface area contributed by atoms with Gasteiger partial charge in [0.2, 0.25) is 0 Å². The molecule has 5 nitrogen and oxygen atoms in total. The molecule has 0 unspecified atom stereocenters. The number of aromatic nitrogens is 2. The first kappa shape index (κ1) is 16.2. The lowest BCUT2D eigenvalue weighted by molar-refractivity contribution is -0.139. The average Bonchev–Trinajstić information content (AvgIpc) is 3.02. The zero-order valence-electron chi connectivity index (χ0n) is 12.0. The summed E-state index contributed by atoms with van der Waals surface area (Å²) in [5.41, 5.74) is 0.648. The first-order valence-corrected chi connectivity index (χ1v) is 7.48. The third kappa shape index (κ3) is 3.46. The van der Waals surface area contributed by atoms with E-state index in [2.05, 4.69) is 14.1 Å². The Morgan fingerprint density at radius 1 is 1.12 bits per heavy atom. The lowest BCUT2D eigenvalue weighted by Gasteiger charge is -2.13. The molecule has 1 amide bonds. The van der Waals surface area contributed by atoms with Crippen LogP contribution < -0.4 is 10.1 Å². The molecule has 9 heteroatoms. The van der Waals surface area contributed by atoms with Gasteiger partial charge in [-0.25, -0.2) is 0 Å². The van der Waals surface area contributed by atoms with Crippen molar-refractivity contribution in [2.75, 3.05) is 11.9 Å². The van der Waals surface area contributed by atoms with Gasteiger partial charge in [-0.15, -0.1) is 0 Å². The first-order valence-electron chi connectivity index (χ1n) is 6.75. The number of rotatable bonds is 4. The highest BCUT2D eigenvalue weighted by Gasteiger charge is 2.34. The Morgan fingerprint density at radius 3 is 2.71 bits per heavy atom. The number of alkyl halides is 3. The van der Waals surface area contributed by atoms with Crippen LogP contribution in [0.5, 0.6) is 5.75 Å². The van der Waals surface area contributed by atoms with Gasteiger partial charge in [-0.3, -0.25) is 4.79 Å². The van der Waals surface area contributed by atoms with Crippen molar-refractivity contribution in [3.63, 3.8) is 0 Å². The summed E-state index contributed by atoms with van der Waals surface area (Å²) in [6.07, 6.45) is -4.55. The third-order valence-electron chi connectivity index (χ3n) is 3.11. The summed E-state index contributed by atoms with van der Waals surface area (Å²) in [6.45, 7) is -0.555. The number of para-hydroxylation sites is 1. The fraction of sp³-hybridized carbons (Fsp3) is 0.133. The summed E-state index contributed by atoms with van der Waals surface area (Å²) in [7, 11) is 0. The molecule has 1 heterocycles. The van der Waals surface area contributed by atoms with Crippen LogP contribution in [0.1, 0.15) is 5.56 Å². The van der Waals surface area contributed by atoms with E-state index in [0.717, 1.165) is 17.8 Å². The minimum atomic E-state index is -4.55. The molecule has 124 valence electrons. The SMILES string of the molecule is O=C(COc1ccccc1C(F)(F)F)Nc1cccc2nsnc12. The molecule has 2 aromatic carbocycles. The number of nitrogens with zero attached hydrogens (tertiary/aromatic N) is 2. The van der Waals surface area contributed by atoms with Gasteiger partial charge in [0.25, 0.3) is 5.91 Å². The van der Waals surface area contributed by atoms with Gasteiger partial charge in [0, 0.05) is 0 Å². The number of amides is 1. The van der Waals surface area contributed by atoms with Crippen molar-refractivity contribution < 1.29 is 22.7 Å². The molecule has 0 saturated carbocycles. The lowest BCUT2D eigenvalue weighted by atomic mass is 10.2. The van der Waals surface area contributed by atoms with E-state index >= 15 is 0 Å². The van der Waals surface area contributed by atoms with E-state index < -0.39 is 30.0 Å². The molecule has 24 heavy (non-hydrogen) atoms. The van der Waals surface area contributed by atoms with Gasteiger partial charge in [0.15, 0.2) is 6.61 Å². The lowest BCUT2D eigenvalue weighted by Crippen LogP contribution is -2.21. The van der Waals surface area contributed by atoms with Crippen molar-refractivity contribution in [1.29, 1.82) is 0 Å². The Hall–Kier alpha value is -2.68. The number of fused-ring (bicyclic) bond motifs is 1. The van der Waals surface area contributed by atoms with Crippen LogP contribution in [0.2, 0.25) is 0 Å². The van der Waals surface area contributed by atoms with E-state index in [9.17, 15) is 18.0 Å². The molecule has 0 bridgehead atoms. The maximum absolute atomic E-state index is 12.9. The third-order valence-corrected chi connectivity index (χ3v) is 3.65. The Labute approximate surface area is 138 Å². The quantitative estimate of drug-likeness (QED) is 0.776. The molecule has 0 aliphatic rings. The van der Waals surface area contributed by atoms with Crippen molar-refractivity contribution in [2.24, 2.45) is 0 Å². The Morgan fingerprint density at radius 2 is 1.92 bits per heavy atom. The highest BCUT2D eigenvalue weighted by Crippen LogP contribution is 2.35. The van der Waals surface area contributed by atoms with E-state index in [1.165, 1.54) is 18.2 Å². The second kappa shape index (κ2) is 6.44. The van der Waals surface area contributed by atoms with Crippen LogP contribution in [-0.2, 0) is 11.0 Å². The monoisotopic (exact) mass is 353 g/mol. The van der Waals surface area contributed by atoms with Gasteiger partial charge in [0.05, 0.1) is 23.0 Å². The zero-order valence-corrected chi connectivity index (χ0v) is 12.8. The maximum atomic E-state index is 12.9. The number of hydrogen-bond acceptors (Lipinski definition) is 5. The largest absolute Gasteiger partial charge is 0.483 e. The molecule has 1 aromatic heterocycles. The standard InChI is InChI=1S/C15H10F3N3O2S/c16-15(17,18)9-4-1-2-7-12(9)23-8-13(22)19-10-5-3-6-11-14(10)21-24-20-11/h1-7H,8H2,(H,19,22). The van der Waals surface area contributed by atoms with Crippen molar-refractivity contribution in [3.05, 3.63) is 48.0 Å². The van der Waals surface area contributed by atoms with Crippen molar-refractivity contribution in [1.82, 2.24) is 8.75 Å². The summed E-state index contributed by atoms with van der Waals surface area (Å²) in [6, 6.07) is 9.79. The fourth-order valence-corrected chi connectivity index (χ4v) is 2.61. The normalized spacial score (nSPS) is 11.5. The van der Waals surface area contributed by atoms with Crippen molar-refractivity contribution in [2.45, 2.75) is 6.18 Å². The molecule has 3 rings (SSSR count). The molecule has 3 aromatic rings. The Balaban J connectivity index is 1.70. The van der Waals surface area contributed by atoms with Crippen molar-refractivity contribution >= 4 is 34.4 Å². The Kier molecular flexibility index (Phi) is 4.34. The predicted octanol–water partition coefficient (Wildman–Crippen LogP) is 3.73. The van der Waals surface area contributed by atoms with Gasteiger partial charge >= 0.3 is 6.18 Å². The van der Waals surface area contributed by atoms with Gasteiger partial charge in [0.1, 0.15) is 16.8 Å². The highest BCUT2D eigenvalue weighted by molar-refractivity contribution is 7.00. The van der Waals surface area contributed by atoms with E-state index in [0.29, 0.717) is 16.7 Å². The molecule has 0 atom stereocenters. The van der Waals surface area contributed by atoms with E-state index in [4.69, 9.17) is 4.74 Å². The first-order chi connectivity index (χ1) is 11.4. The minimum Gasteiger partial charge on any atom is -0.483 e. The number of ether oxygens (including phenoxy) is 1. The molecular weight excluding hydrogens is 343 g/mol. The molecule has 0 aliphatic carbocycles. The van der Waals surface area contributed by atoms with Crippen LogP contribution in [0.25, 0.3) is 11.0 Å². The van der Waals surface area contributed by atoms with Crippen LogP contribution in [0.3, 0.4) is 0 Å². The molecular formula is C15H10F3N3O2S. The number of hydrogen-bond donors (Lipinski definition) is 1. The van der Waals surface area contributed by atoms with Crippen LogP contribution in [0.4, 0.5) is 18.9 Å². The molecule has 0 spiro atoms. The topological polar surface area (TPSA) is 64.1 Å². The molecule has 0 saturated heterocycles. The average molecular weight is 353 g/mol. The summed E-state index contributed by atoms with van der Waals surface area (Å²) < 4.78 is 51.7. The highest BCUT2D eigenvalue weighted by atomic mass is 32.1. The maximum Gasteiger partial charge on any atom is 0.419 e. The van der Waals surface area contributed by atoms with E-state index in [1.54, 1.807) is 18.2 Å². The zero-order chi connectivity index (χ0) is 17.2. The van der Waals surface area contributed by atoms with Crippen LogP contribution >= 0.6 is 11.7 Å². The summed E-state index contributed by atoms with van der Waals surface area (Å²) >= 11 is 1.00. The van der Waals surface area contributed by atoms with Gasteiger partial charge in [-0.2, -0.15) is 21.9 Å². The van der Waals surface area contributed by atoms with E-state index in [1.807, 2.05) is 0 Å². The molecule has 0 aliphatic heterocycles. The second-order valence-corrected chi connectivity index (χ2v) is 5.30. The summed E-state index contributed by atoms with van der Waals surface area (Å²) in [5, 5.41) is 2.56. The smallest absolute Gasteiger partial charge is 0.419 e. The number of anilines is 1. The van der Waals surface area contributed by atoms with Crippen LogP contribution in [0, 0.1) is 0 Å². The predicted molar refractivity (Wildman–Crippen MR) is 83.0 cm³/mol. The van der Waals surface area contributed by atoms with Gasteiger partial charge in [-0.05, 0) is 24.3 Å². The van der Waals surface area contributed by atoms with Crippen LogP contribution in [-0.4, -0.2) is 21.3 Å². The number of carbonyl (C=O) groups excluding carboxylic acids is 1. The van der Waals surface area contributed by atoms with E-state index in [-0.39, 0.29) is 0 Å². The Bertz CT molecular complexity index is 880. The number of nitrogens with one attached hydrogen (secondary N) is 1. The van der Waals surface area contributed by atoms with Crippen LogP contribution in [0.15, 0.2) is 42.5 Å².